The second kappa shape index (κ2) is 21.6. The Balaban J connectivity index is 1.29. The molecular formula is C50H72N2O12. The lowest BCUT2D eigenvalue weighted by molar-refractivity contribution is -0.302. The topological polar surface area (TPSA) is 194 Å². The van der Waals surface area contributed by atoms with Gasteiger partial charge in [0, 0.05) is 62.0 Å². The Bertz CT molecular complexity index is 2010. The van der Waals surface area contributed by atoms with Gasteiger partial charge in [-0.1, -0.05) is 45.4 Å². The number of fused-ring (bicyclic) bond motifs is 4. The van der Waals surface area contributed by atoms with Crippen LogP contribution in [-0.2, 0) is 38.1 Å². The first kappa shape index (κ1) is 49.5. The van der Waals surface area contributed by atoms with Crippen LogP contribution in [0.1, 0.15) is 112 Å². The van der Waals surface area contributed by atoms with Crippen molar-refractivity contribution in [3.63, 3.8) is 0 Å². The number of esters is 1. The van der Waals surface area contributed by atoms with Crippen molar-refractivity contribution in [3.8, 4) is 5.75 Å². The standard InChI is InChI=1S/C50H72N2O12/c1-9-34-21-28(2)20-29(3)22-43(60-7)46-44(61-8)24-31(5)50(59,64-46)47(56)48(57)52-19-11-10-12-38(52)49(58)63-45(32(6)39(53)27-40(34)54)30(4)23-33-13-16-42(41(55)25-33)62-36-14-15-37-35(26-36)17-18-51-37/h14-15,17-18,21,23,26,29,31-34,38-39,41-46,51,53,55,59H,9-13,16,19-20,22,24-25,27H2,1-8H3. The van der Waals surface area contributed by atoms with Crippen LogP contribution in [0.2, 0.25) is 0 Å². The number of hydrogen-bond acceptors (Lipinski definition) is 12. The lowest BCUT2D eigenvalue weighted by atomic mass is 9.81. The van der Waals surface area contributed by atoms with E-state index in [0.717, 1.165) is 16.5 Å². The summed E-state index contributed by atoms with van der Waals surface area (Å²) in [4.78, 5) is 61.4. The number of Topliss-reactive ketones (excluding diaryl/α,β-unsaturated/α-hetero) is 2. The van der Waals surface area contributed by atoms with Gasteiger partial charge in [-0.2, -0.15) is 0 Å². The van der Waals surface area contributed by atoms with E-state index in [4.69, 9.17) is 23.7 Å². The van der Waals surface area contributed by atoms with Crippen LogP contribution >= 0.6 is 0 Å². The third kappa shape index (κ3) is 11.2. The molecule has 4 aliphatic rings. The smallest absolute Gasteiger partial charge is 0.329 e. The highest BCUT2D eigenvalue weighted by Crippen LogP contribution is 2.39. The van der Waals surface area contributed by atoms with Crippen LogP contribution in [0.3, 0.4) is 0 Å². The zero-order valence-corrected chi connectivity index (χ0v) is 39.0. The number of hydrogen-bond donors (Lipinski definition) is 4. The number of H-pyrrole nitrogens is 1. The SMILES string of the molecule is CCC1C=C(C)CC(C)CC(OC)C2OC(O)(C(=O)C(=O)N3CCCCC3C(=O)OC(C(C)=CC3CCC(Oc4ccc5[nH]ccc5c4)C(O)C3)C(C)C(O)CC1=O)C(C)CC2OC. The summed E-state index contributed by atoms with van der Waals surface area (Å²) < 4.78 is 30.6. The number of nitrogens with one attached hydrogen (secondary N) is 1. The number of aromatic nitrogens is 1. The van der Waals surface area contributed by atoms with Gasteiger partial charge in [-0.05, 0) is 120 Å². The molecule has 4 N–H and O–H groups in total. The Morgan fingerprint density at radius 3 is 2.38 bits per heavy atom. The summed E-state index contributed by atoms with van der Waals surface area (Å²) >= 11 is 0. The molecule has 1 saturated carbocycles. The molecule has 1 aromatic heterocycles. The van der Waals surface area contributed by atoms with Crippen LogP contribution in [0, 0.1) is 29.6 Å². The number of piperidine rings is 1. The molecule has 14 atom stereocenters. The van der Waals surface area contributed by atoms with Crippen LogP contribution in [0.25, 0.3) is 10.9 Å². The third-order valence-electron chi connectivity index (χ3n) is 14.4. The van der Waals surface area contributed by atoms with E-state index in [1.165, 1.54) is 19.1 Å². The number of carbonyl (C=O) groups is 4. The van der Waals surface area contributed by atoms with E-state index >= 15 is 0 Å². The maximum absolute atomic E-state index is 14.5. The number of aliphatic hydroxyl groups excluding tert-OH is 2. The predicted molar refractivity (Wildman–Crippen MR) is 240 cm³/mol. The van der Waals surface area contributed by atoms with Gasteiger partial charge in [0.15, 0.2) is 0 Å². The first-order valence-electron chi connectivity index (χ1n) is 23.5. The van der Waals surface area contributed by atoms with Crippen LogP contribution in [-0.4, -0.2) is 124 Å². The van der Waals surface area contributed by atoms with Crippen molar-refractivity contribution >= 4 is 34.3 Å². The summed E-state index contributed by atoms with van der Waals surface area (Å²) in [6.45, 7) is 11.2. The number of cyclic esters (lactones) is 1. The van der Waals surface area contributed by atoms with Crippen molar-refractivity contribution in [2.75, 3.05) is 20.8 Å². The van der Waals surface area contributed by atoms with Gasteiger partial charge in [-0.25, -0.2) is 4.79 Å². The highest BCUT2D eigenvalue weighted by Gasteiger charge is 2.56. The molecule has 1 aliphatic carbocycles. The van der Waals surface area contributed by atoms with Crippen LogP contribution in [0.4, 0.5) is 0 Å². The Labute approximate surface area is 378 Å². The number of carbonyl (C=O) groups excluding carboxylic acids is 4. The lowest BCUT2D eigenvalue weighted by Crippen LogP contribution is -2.64. The van der Waals surface area contributed by atoms with Crippen molar-refractivity contribution in [2.45, 2.75) is 167 Å². The quantitative estimate of drug-likeness (QED) is 0.136. The molecule has 1 amide bonds. The molecule has 2 saturated heterocycles. The monoisotopic (exact) mass is 893 g/mol. The van der Waals surface area contributed by atoms with Crippen molar-refractivity contribution in [1.29, 1.82) is 0 Å². The molecule has 3 aliphatic heterocycles. The average Bonchev–Trinajstić information content (AvgIpc) is 3.75. The molecule has 4 heterocycles. The fraction of sp³-hybridized carbons (Fsp3) is 0.680. The molecular weight excluding hydrogens is 821 g/mol. The lowest BCUT2D eigenvalue weighted by Gasteiger charge is -2.47. The molecule has 3 fully saturated rings. The van der Waals surface area contributed by atoms with Crippen molar-refractivity contribution < 1.29 is 58.2 Å². The summed E-state index contributed by atoms with van der Waals surface area (Å²) in [5.41, 5.74) is 2.61. The van der Waals surface area contributed by atoms with Gasteiger partial charge in [0.1, 0.15) is 35.9 Å². The number of benzene rings is 1. The molecule has 2 aromatic rings. The van der Waals surface area contributed by atoms with Crippen LogP contribution in [0.5, 0.6) is 5.75 Å². The zero-order valence-electron chi connectivity index (χ0n) is 39.0. The van der Waals surface area contributed by atoms with E-state index in [9.17, 15) is 34.5 Å². The normalized spacial score (nSPS) is 37.0. The fourth-order valence-corrected chi connectivity index (χ4v) is 10.6. The van der Waals surface area contributed by atoms with Gasteiger partial charge in [-0.3, -0.25) is 14.4 Å². The number of rotatable bonds is 7. The summed E-state index contributed by atoms with van der Waals surface area (Å²) in [6, 6.07) is 6.57. The Hall–Kier alpha value is -3.92. The number of amides is 1. The fourth-order valence-electron chi connectivity index (χ4n) is 10.6. The van der Waals surface area contributed by atoms with E-state index in [-0.39, 0.29) is 43.4 Å². The average molecular weight is 893 g/mol. The molecule has 1 aromatic carbocycles. The largest absolute Gasteiger partial charge is 0.488 e. The molecule has 0 radical (unpaired) electrons. The van der Waals surface area contributed by atoms with E-state index < -0.39 is 90.0 Å². The maximum Gasteiger partial charge on any atom is 0.329 e. The summed E-state index contributed by atoms with van der Waals surface area (Å²) in [5.74, 6) is -7.08. The number of ketones is 2. The van der Waals surface area contributed by atoms with E-state index in [1.54, 1.807) is 13.8 Å². The van der Waals surface area contributed by atoms with Crippen molar-refractivity contribution in [2.24, 2.45) is 29.6 Å². The Morgan fingerprint density at radius 2 is 1.67 bits per heavy atom. The van der Waals surface area contributed by atoms with Gasteiger partial charge in [-0.15, -0.1) is 0 Å². The second-order valence-electron chi connectivity index (χ2n) is 19.3. The second-order valence-corrected chi connectivity index (χ2v) is 19.3. The van der Waals surface area contributed by atoms with Gasteiger partial charge >= 0.3 is 5.97 Å². The summed E-state index contributed by atoms with van der Waals surface area (Å²) in [5, 5.41) is 36.2. The van der Waals surface area contributed by atoms with Crippen molar-refractivity contribution in [1.82, 2.24) is 9.88 Å². The first-order chi connectivity index (χ1) is 30.5. The van der Waals surface area contributed by atoms with Crippen LogP contribution in [0.15, 0.2) is 53.8 Å². The molecule has 0 spiro atoms. The molecule has 354 valence electrons. The van der Waals surface area contributed by atoms with Gasteiger partial charge < -0.3 is 48.9 Å². The van der Waals surface area contributed by atoms with Gasteiger partial charge in [0.05, 0.1) is 24.4 Å². The Morgan fingerprint density at radius 1 is 0.938 bits per heavy atom. The summed E-state index contributed by atoms with van der Waals surface area (Å²) in [7, 11) is 3.06. The zero-order chi connectivity index (χ0) is 46.5. The van der Waals surface area contributed by atoms with E-state index in [0.29, 0.717) is 62.7 Å². The van der Waals surface area contributed by atoms with Crippen LogP contribution < -0.4 is 4.74 Å². The van der Waals surface area contributed by atoms with Gasteiger partial charge in [0.2, 0.25) is 5.79 Å². The minimum Gasteiger partial charge on any atom is -0.488 e. The molecule has 2 bridgehead atoms. The minimum atomic E-state index is -2.52. The van der Waals surface area contributed by atoms with E-state index in [1.807, 2.05) is 63.4 Å². The molecule has 14 nitrogen and oxygen atoms in total. The first-order valence-corrected chi connectivity index (χ1v) is 23.5. The molecule has 6 rings (SSSR count). The predicted octanol–water partition coefficient (Wildman–Crippen LogP) is 6.39. The number of methoxy groups -OCH3 is 2. The number of allylic oxidation sites excluding steroid dienone is 3. The number of aromatic amines is 1. The highest BCUT2D eigenvalue weighted by atomic mass is 16.7. The molecule has 14 heteroatoms. The minimum absolute atomic E-state index is 0.0238. The number of aliphatic hydroxyl groups is 3. The Kier molecular flexibility index (Phi) is 16.7. The molecule has 14 unspecified atom stereocenters. The van der Waals surface area contributed by atoms with Crippen molar-refractivity contribution in [3.05, 3.63) is 53.8 Å². The molecule has 64 heavy (non-hydrogen) atoms. The van der Waals surface area contributed by atoms with E-state index in [2.05, 4.69) is 11.9 Å². The highest BCUT2D eigenvalue weighted by molar-refractivity contribution is 6.39. The van der Waals surface area contributed by atoms with Gasteiger partial charge in [0.25, 0.3) is 11.7 Å². The maximum atomic E-state index is 14.5. The number of nitrogens with zero attached hydrogens (tertiary/aromatic N) is 1. The number of ether oxygens (including phenoxy) is 5. The summed E-state index contributed by atoms with van der Waals surface area (Å²) in [6.07, 6.45) is 4.95. The third-order valence-corrected chi connectivity index (χ3v) is 14.4.